The zero-order valence-electron chi connectivity index (χ0n) is 61.3. The summed E-state index contributed by atoms with van der Waals surface area (Å²) in [6.07, 6.45) is 82.5. The molecule has 1 amide bonds. The van der Waals surface area contributed by atoms with Gasteiger partial charge in [0.25, 0.3) is 0 Å². The molecule has 0 aromatic rings. The van der Waals surface area contributed by atoms with Crippen LogP contribution in [0.25, 0.3) is 0 Å². The van der Waals surface area contributed by atoms with Gasteiger partial charge in [0.05, 0.1) is 25.4 Å². The van der Waals surface area contributed by atoms with Crippen LogP contribution < -0.4 is 5.32 Å². The fourth-order valence-electron chi connectivity index (χ4n) is 12.6. The SMILES string of the molecule is CC/C=C\C/C=C\C/C=C\C/C=C\C/C=C\CCCCCCCCCCCCCC(=O)OC1C(OCC(NC(=O)C(O)CCCCCCCCCCCCCCCCCCCCCCCCCCCC)C(O)/C=C/CCCCCCCCCCCC)OC(CO)C(O)C1O. The number of carbonyl (C=O) groups excluding carboxylic acids is 2. The molecule has 0 saturated carbocycles. The highest BCUT2D eigenvalue weighted by molar-refractivity contribution is 5.80. The molecule has 0 aliphatic carbocycles. The average molecular weight is 1320 g/mol. The summed E-state index contributed by atoms with van der Waals surface area (Å²) in [5.74, 6) is -1.18. The van der Waals surface area contributed by atoms with Crippen molar-refractivity contribution in [3.63, 3.8) is 0 Å². The van der Waals surface area contributed by atoms with Crippen LogP contribution in [0.3, 0.4) is 0 Å². The zero-order valence-corrected chi connectivity index (χ0v) is 61.3. The topological polar surface area (TPSA) is 175 Å². The summed E-state index contributed by atoms with van der Waals surface area (Å²) >= 11 is 0. The standard InChI is InChI=1S/C83H151NO10/c1-4-7-10-13-16-19-22-25-27-29-31-33-35-37-39-41-43-45-47-49-51-53-56-59-62-65-68-71-78(88)94-81-80(90)79(89)77(72-85)93-83(81)92-73-74(75(86)69-66-63-60-57-54-24-21-18-15-12-9-6-3)84-82(91)76(87)70-67-64-61-58-55-52-50-48-46-44-42-40-38-36-34-32-30-28-26-23-20-17-14-11-8-5-2/h7,10,16,19,25,27,31,33,37,39,66,69,74-77,79-81,83,85-87,89-90H,4-6,8-9,11-15,17-18,20-24,26,28-30,32,34-36,38,40-65,67-68,70-73H2,1-3H3,(H,84,91)/b10-7-,19-16-,27-25-,33-31-,39-37-,69-66+. The summed E-state index contributed by atoms with van der Waals surface area (Å²) in [6.45, 7) is 5.74. The second-order valence-electron chi connectivity index (χ2n) is 27.8. The molecule has 1 aliphatic rings. The molecule has 0 aromatic carbocycles. The van der Waals surface area contributed by atoms with Gasteiger partial charge in [-0.2, -0.15) is 0 Å². The number of nitrogens with one attached hydrogen (secondary N) is 1. The molecule has 1 fully saturated rings. The van der Waals surface area contributed by atoms with E-state index in [-0.39, 0.29) is 13.0 Å². The number of ether oxygens (including phenoxy) is 3. The third-order valence-corrected chi connectivity index (χ3v) is 18.9. The molecule has 0 spiro atoms. The van der Waals surface area contributed by atoms with Crippen molar-refractivity contribution in [3.05, 3.63) is 72.9 Å². The lowest BCUT2D eigenvalue weighted by atomic mass is 9.99. The van der Waals surface area contributed by atoms with Crippen LogP contribution in [0.5, 0.6) is 0 Å². The van der Waals surface area contributed by atoms with Crippen molar-refractivity contribution in [1.82, 2.24) is 5.32 Å². The maximum absolute atomic E-state index is 13.5. The highest BCUT2D eigenvalue weighted by Gasteiger charge is 2.47. The van der Waals surface area contributed by atoms with Gasteiger partial charge in [-0.25, -0.2) is 0 Å². The number of aliphatic hydroxyl groups excluding tert-OH is 5. The van der Waals surface area contributed by atoms with Crippen molar-refractivity contribution in [2.24, 2.45) is 0 Å². The van der Waals surface area contributed by atoms with E-state index in [1.54, 1.807) is 6.08 Å². The molecule has 1 aliphatic heterocycles. The number of hydrogen-bond acceptors (Lipinski definition) is 10. The van der Waals surface area contributed by atoms with Crippen LogP contribution in [-0.2, 0) is 23.8 Å². The summed E-state index contributed by atoms with van der Waals surface area (Å²) in [6, 6.07) is -1.03. The second-order valence-corrected chi connectivity index (χ2v) is 27.8. The Hall–Kier alpha value is -2.90. The Balaban J connectivity index is 2.48. The Morgan fingerprint density at radius 1 is 0.426 bits per heavy atom. The lowest BCUT2D eigenvalue weighted by Crippen LogP contribution is -2.61. The normalized spacial score (nSPS) is 18.1. The first-order valence-electron chi connectivity index (χ1n) is 40.2. The maximum Gasteiger partial charge on any atom is 0.306 e. The summed E-state index contributed by atoms with van der Waals surface area (Å²) in [5.41, 5.74) is 0. The fourth-order valence-corrected chi connectivity index (χ4v) is 12.6. The summed E-state index contributed by atoms with van der Waals surface area (Å²) in [7, 11) is 0. The van der Waals surface area contributed by atoms with Crippen molar-refractivity contribution in [2.45, 2.75) is 429 Å². The quantitative estimate of drug-likeness (QED) is 0.0195. The predicted molar refractivity (Wildman–Crippen MR) is 398 cm³/mol. The predicted octanol–water partition coefficient (Wildman–Crippen LogP) is 21.8. The van der Waals surface area contributed by atoms with Gasteiger partial charge in [0.1, 0.15) is 24.4 Å². The van der Waals surface area contributed by atoms with E-state index in [0.29, 0.717) is 19.3 Å². The summed E-state index contributed by atoms with van der Waals surface area (Å²) in [5, 5.41) is 57.5. The lowest BCUT2D eigenvalue weighted by molar-refractivity contribution is -0.305. The minimum atomic E-state index is -1.62. The molecule has 0 aromatic heterocycles. The average Bonchev–Trinajstić information content (AvgIpc) is 0.814. The van der Waals surface area contributed by atoms with Crippen LogP contribution in [-0.4, -0.2) is 99.6 Å². The van der Waals surface area contributed by atoms with Crippen LogP contribution in [0, 0.1) is 0 Å². The molecule has 548 valence electrons. The van der Waals surface area contributed by atoms with Crippen LogP contribution in [0.4, 0.5) is 0 Å². The van der Waals surface area contributed by atoms with Crippen LogP contribution in [0.1, 0.15) is 380 Å². The minimum absolute atomic E-state index is 0.119. The van der Waals surface area contributed by atoms with E-state index in [9.17, 15) is 35.1 Å². The first-order valence-corrected chi connectivity index (χ1v) is 40.2. The molecular formula is C83H151NO10. The van der Waals surface area contributed by atoms with E-state index in [1.165, 1.54) is 238 Å². The number of carbonyl (C=O) groups is 2. The third-order valence-electron chi connectivity index (χ3n) is 18.9. The van der Waals surface area contributed by atoms with Gasteiger partial charge < -0.3 is 45.1 Å². The van der Waals surface area contributed by atoms with Gasteiger partial charge in [-0.15, -0.1) is 0 Å². The Morgan fingerprint density at radius 2 is 0.766 bits per heavy atom. The van der Waals surface area contributed by atoms with Gasteiger partial charge in [-0.3, -0.25) is 9.59 Å². The molecule has 0 radical (unpaired) electrons. The number of rotatable bonds is 70. The first kappa shape index (κ1) is 89.1. The number of amides is 1. The molecule has 1 rings (SSSR count). The van der Waals surface area contributed by atoms with Crippen molar-refractivity contribution >= 4 is 11.9 Å². The van der Waals surface area contributed by atoms with Gasteiger partial charge in [0.15, 0.2) is 12.4 Å². The summed E-state index contributed by atoms with van der Waals surface area (Å²) in [4.78, 5) is 26.8. The van der Waals surface area contributed by atoms with E-state index in [4.69, 9.17) is 14.2 Å². The zero-order chi connectivity index (χ0) is 68.1. The van der Waals surface area contributed by atoms with Crippen molar-refractivity contribution in [1.29, 1.82) is 0 Å². The largest absolute Gasteiger partial charge is 0.454 e. The van der Waals surface area contributed by atoms with Crippen LogP contribution >= 0.6 is 0 Å². The second kappa shape index (κ2) is 70.0. The smallest absolute Gasteiger partial charge is 0.306 e. The third kappa shape index (κ3) is 56.0. The fraction of sp³-hybridized carbons (Fsp3) is 0.831. The van der Waals surface area contributed by atoms with Crippen molar-refractivity contribution in [2.75, 3.05) is 13.2 Å². The molecule has 11 heteroatoms. The molecule has 1 saturated heterocycles. The van der Waals surface area contributed by atoms with Gasteiger partial charge >= 0.3 is 5.97 Å². The van der Waals surface area contributed by atoms with Crippen LogP contribution in [0.15, 0.2) is 72.9 Å². The first-order chi connectivity index (χ1) is 46.2. The molecule has 11 nitrogen and oxygen atoms in total. The van der Waals surface area contributed by atoms with Crippen molar-refractivity contribution in [3.8, 4) is 0 Å². The Kier molecular flexibility index (Phi) is 66.3. The van der Waals surface area contributed by atoms with E-state index >= 15 is 0 Å². The van der Waals surface area contributed by atoms with Gasteiger partial charge in [0.2, 0.25) is 5.91 Å². The number of unbranched alkanes of at least 4 members (excludes halogenated alkanes) is 46. The van der Waals surface area contributed by atoms with Gasteiger partial charge in [0, 0.05) is 6.42 Å². The highest BCUT2D eigenvalue weighted by Crippen LogP contribution is 2.27. The molecule has 8 unspecified atom stereocenters. The van der Waals surface area contributed by atoms with Gasteiger partial charge in [-0.05, 0) is 70.6 Å². The highest BCUT2D eigenvalue weighted by atomic mass is 16.7. The monoisotopic (exact) mass is 1320 g/mol. The molecular weight excluding hydrogens is 1170 g/mol. The molecule has 6 N–H and O–H groups in total. The van der Waals surface area contributed by atoms with Crippen LogP contribution in [0.2, 0.25) is 0 Å². The number of hydrogen-bond donors (Lipinski definition) is 6. The maximum atomic E-state index is 13.5. The Bertz CT molecular complexity index is 1810. The van der Waals surface area contributed by atoms with Crippen molar-refractivity contribution < 1.29 is 49.3 Å². The summed E-state index contributed by atoms with van der Waals surface area (Å²) < 4.78 is 17.8. The van der Waals surface area contributed by atoms with E-state index < -0.39 is 67.4 Å². The number of esters is 1. The number of aliphatic hydroxyl groups is 5. The Labute approximate surface area is 579 Å². The molecule has 0 bridgehead atoms. The molecule has 94 heavy (non-hydrogen) atoms. The molecule has 1 heterocycles. The molecule has 8 atom stereocenters. The lowest BCUT2D eigenvalue weighted by Gasteiger charge is -2.41. The van der Waals surface area contributed by atoms with Gasteiger partial charge in [-0.1, -0.05) is 376 Å². The van der Waals surface area contributed by atoms with E-state index in [0.717, 1.165) is 96.3 Å². The minimum Gasteiger partial charge on any atom is -0.454 e. The Morgan fingerprint density at radius 3 is 1.15 bits per heavy atom. The van der Waals surface area contributed by atoms with E-state index in [1.807, 2.05) is 6.08 Å². The number of allylic oxidation sites excluding steroid dienone is 11. The van der Waals surface area contributed by atoms with E-state index in [2.05, 4.69) is 86.8 Å².